The summed E-state index contributed by atoms with van der Waals surface area (Å²) in [5, 5.41) is 0. The van der Waals surface area contributed by atoms with Gasteiger partial charge in [-0.1, -0.05) is 6.07 Å². The zero-order chi connectivity index (χ0) is 15.0. The van der Waals surface area contributed by atoms with E-state index in [-0.39, 0.29) is 6.10 Å². The number of para-hydroxylation sites is 1. The molecule has 3 nitrogen and oxygen atoms in total. The predicted molar refractivity (Wildman–Crippen MR) is 94.0 cm³/mol. The summed E-state index contributed by atoms with van der Waals surface area (Å²) >= 11 is 10.7. The van der Waals surface area contributed by atoms with E-state index >= 15 is 0 Å². The fourth-order valence-electron chi connectivity index (χ4n) is 2.26. The molecule has 6 heteroatoms. The van der Waals surface area contributed by atoms with Gasteiger partial charge in [-0.05, 0) is 66.3 Å². The number of halogens is 1. The van der Waals surface area contributed by atoms with Crippen LogP contribution in [0.5, 0.6) is 5.75 Å². The summed E-state index contributed by atoms with van der Waals surface area (Å²) < 4.78 is 9.81. The number of imidazole rings is 1. The minimum Gasteiger partial charge on any atom is -0.489 e. The fraction of sp³-hybridized carbons (Fsp3) is 0.267. The van der Waals surface area contributed by atoms with E-state index in [1.165, 1.54) is 4.88 Å². The summed E-state index contributed by atoms with van der Waals surface area (Å²) in [7, 11) is 0. The topological polar surface area (TPSA) is 29.9 Å². The van der Waals surface area contributed by atoms with Crippen LogP contribution in [-0.2, 0) is 6.54 Å². The van der Waals surface area contributed by atoms with Gasteiger partial charge in [0.25, 0.3) is 0 Å². The summed E-state index contributed by atoms with van der Waals surface area (Å²) in [6, 6.07) is 10.2. The number of fused-ring (bicyclic) bond motifs is 1. The maximum atomic E-state index is 5.85. The number of nitrogens with one attached hydrogen (secondary N) is 1. The number of ether oxygens (including phenoxy) is 1. The van der Waals surface area contributed by atoms with Crippen molar-refractivity contribution in [2.45, 2.75) is 26.5 Å². The molecule has 0 unspecified atom stereocenters. The van der Waals surface area contributed by atoms with Crippen molar-refractivity contribution in [1.29, 1.82) is 0 Å². The molecule has 0 spiro atoms. The summed E-state index contributed by atoms with van der Waals surface area (Å²) in [6.07, 6.45) is 0.133. The van der Waals surface area contributed by atoms with Crippen LogP contribution in [0.2, 0.25) is 0 Å². The standard InChI is InChI=1S/C15H15BrN2OS2/c1-9(2)19-12-5-3-4-11-14(12)17-15(20)18(11)8-10-6-7-13(16)21-10/h3-7,9H,8H2,1-2H3,(H,17,20). The molecule has 0 bridgehead atoms. The van der Waals surface area contributed by atoms with E-state index in [0.717, 1.165) is 27.1 Å². The second kappa shape index (κ2) is 5.94. The highest BCUT2D eigenvalue weighted by molar-refractivity contribution is 9.11. The SMILES string of the molecule is CC(C)Oc1cccc2c1[nH]c(=S)n2Cc1ccc(Br)s1. The minimum atomic E-state index is 0.133. The maximum Gasteiger partial charge on any atom is 0.178 e. The van der Waals surface area contributed by atoms with Crippen LogP contribution in [0, 0.1) is 4.77 Å². The molecule has 2 aromatic heterocycles. The van der Waals surface area contributed by atoms with Gasteiger partial charge in [0.1, 0.15) is 11.3 Å². The number of H-pyrrole nitrogens is 1. The van der Waals surface area contributed by atoms with Crippen molar-refractivity contribution < 1.29 is 4.74 Å². The number of aromatic nitrogens is 2. The van der Waals surface area contributed by atoms with Crippen LogP contribution in [0.4, 0.5) is 0 Å². The summed E-state index contributed by atoms with van der Waals surface area (Å²) in [5.41, 5.74) is 2.04. The van der Waals surface area contributed by atoms with Crippen molar-refractivity contribution in [3.05, 3.63) is 43.8 Å². The Kier molecular flexibility index (Phi) is 4.19. The number of aromatic amines is 1. The lowest BCUT2D eigenvalue weighted by molar-refractivity contribution is 0.245. The van der Waals surface area contributed by atoms with E-state index in [9.17, 15) is 0 Å². The molecular formula is C15H15BrN2OS2. The molecule has 0 radical (unpaired) electrons. The Hall–Kier alpha value is -1.11. The molecule has 3 rings (SSSR count). The number of hydrogen-bond acceptors (Lipinski definition) is 3. The quantitative estimate of drug-likeness (QED) is 0.615. The third-order valence-electron chi connectivity index (χ3n) is 3.08. The monoisotopic (exact) mass is 382 g/mol. The van der Waals surface area contributed by atoms with Crippen molar-refractivity contribution >= 4 is 50.5 Å². The second-order valence-corrected chi connectivity index (χ2v) is 7.97. The molecule has 21 heavy (non-hydrogen) atoms. The summed E-state index contributed by atoms with van der Waals surface area (Å²) in [6.45, 7) is 4.81. The van der Waals surface area contributed by atoms with Gasteiger partial charge < -0.3 is 14.3 Å². The van der Waals surface area contributed by atoms with Gasteiger partial charge in [-0.15, -0.1) is 11.3 Å². The Balaban J connectivity index is 2.07. The van der Waals surface area contributed by atoms with E-state index in [4.69, 9.17) is 17.0 Å². The highest BCUT2D eigenvalue weighted by atomic mass is 79.9. The summed E-state index contributed by atoms with van der Waals surface area (Å²) in [5.74, 6) is 0.847. The highest BCUT2D eigenvalue weighted by Crippen LogP contribution is 2.28. The van der Waals surface area contributed by atoms with Crippen LogP contribution in [-0.4, -0.2) is 15.7 Å². The molecular weight excluding hydrogens is 368 g/mol. The lowest BCUT2D eigenvalue weighted by Crippen LogP contribution is -2.05. The Morgan fingerprint density at radius 2 is 2.14 bits per heavy atom. The zero-order valence-corrected chi connectivity index (χ0v) is 14.9. The smallest absolute Gasteiger partial charge is 0.178 e. The molecule has 3 aromatic rings. The van der Waals surface area contributed by atoms with E-state index in [1.807, 2.05) is 26.0 Å². The molecule has 0 aliphatic rings. The van der Waals surface area contributed by atoms with Gasteiger partial charge in [-0.2, -0.15) is 0 Å². The van der Waals surface area contributed by atoms with E-state index in [0.29, 0.717) is 4.77 Å². The first-order chi connectivity index (χ1) is 10.0. The van der Waals surface area contributed by atoms with Crippen LogP contribution in [0.1, 0.15) is 18.7 Å². The number of nitrogens with zero attached hydrogens (tertiary/aromatic N) is 1. The van der Waals surface area contributed by atoms with Crippen LogP contribution in [0.3, 0.4) is 0 Å². The van der Waals surface area contributed by atoms with E-state index in [2.05, 4.69) is 43.7 Å². The zero-order valence-electron chi connectivity index (χ0n) is 11.7. The number of hydrogen-bond donors (Lipinski definition) is 1. The van der Waals surface area contributed by atoms with E-state index < -0.39 is 0 Å². The molecule has 0 atom stereocenters. The molecule has 0 aliphatic carbocycles. The Labute approximate surface area is 140 Å². The molecule has 0 aliphatic heterocycles. The molecule has 1 N–H and O–H groups in total. The first-order valence-electron chi connectivity index (χ1n) is 6.67. The molecule has 1 aromatic carbocycles. The van der Waals surface area contributed by atoms with Crippen LogP contribution in [0.25, 0.3) is 11.0 Å². The maximum absolute atomic E-state index is 5.85. The van der Waals surface area contributed by atoms with Crippen LogP contribution < -0.4 is 4.74 Å². The minimum absolute atomic E-state index is 0.133. The average Bonchev–Trinajstić information content (AvgIpc) is 2.96. The third kappa shape index (κ3) is 3.07. The highest BCUT2D eigenvalue weighted by Gasteiger charge is 2.11. The molecule has 2 heterocycles. The Bertz CT molecular complexity index is 832. The molecule has 0 fully saturated rings. The van der Waals surface area contributed by atoms with Crippen LogP contribution >= 0.6 is 39.5 Å². The van der Waals surface area contributed by atoms with Gasteiger partial charge in [-0.25, -0.2) is 0 Å². The predicted octanol–water partition coefficient (Wildman–Crippen LogP) is 5.36. The molecule has 0 saturated carbocycles. The van der Waals surface area contributed by atoms with Gasteiger partial charge >= 0.3 is 0 Å². The van der Waals surface area contributed by atoms with Crippen molar-refractivity contribution in [1.82, 2.24) is 9.55 Å². The second-order valence-electron chi connectivity index (χ2n) is 5.04. The molecule has 0 amide bonds. The number of thiophene rings is 1. The fourth-order valence-corrected chi connectivity index (χ4v) is 3.99. The lowest BCUT2D eigenvalue weighted by Gasteiger charge is -2.10. The Morgan fingerprint density at radius 3 is 2.81 bits per heavy atom. The third-order valence-corrected chi connectivity index (χ3v) is 5.01. The average molecular weight is 383 g/mol. The first kappa shape index (κ1) is 14.8. The Morgan fingerprint density at radius 1 is 1.33 bits per heavy atom. The van der Waals surface area contributed by atoms with Crippen molar-refractivity contribution in [2.75, 3.05) is 0 Å². The van der Waals surface area contributed by atoms with Crippen molar-refractivity contribution in [2.24, 2.45) is 0 Å². The van der Waals surface area contributed by atoms with Crippen LogP contribution in [0.15, 0.2) is 34.1 Å². The molecule has 0 saturated heterocycles. The largest absolute Gasteiger partial charge is 0.489 e. The van der Waals surface area contributed by atoms with Crippen molar-refractivity contribution in [3.63, 3.8) is 0 Å². The lowest BCUT2D eigenvalue weighted by atomic mass is 10.3. The van der Waals surface area contributed by atoms with Gasteiger partial charge in [0.2, 0.25) is 0 Å². The summed E-state index contributed by atoms with van der Waals surface area (Å²) in [4.78, 5) is 4.53. The van der Waals surface area contributed by atoms with Gasteiger partial charge in [0.15, 0.2) is 4.77 Å². The normalized spacial score (nSPS) is 11.4. The van der Waals surface area contributed by atoms with Gasteiger partial charge in [0, 0.05) is 4.88 Å². The van der Waals surface area contributed by atoms with Crippen molar-refractivity contribution in [3.8, 4) is 5.75 Å². The first-order valence-corrected chi connectivity index (χ1v) is 8.69. The number of benzene rings is 1. The number of rotatable bonds is 4. The van der Waals surface area contributed by atoms with E-state index in [1.54, 1.807) is 11.3 Å². The molecule has 110 valence electrons. The van der Waals surface area contributed by atoms with Gasteiger partial charge in [-0.3, -0.25) is 0 Å². The van der Waals surface area contributed by atoms with Gasteiger partial charge in [0.05, 0.1) is 22.0 Å².